The Morgan fingerprint density at radius 3 is 1.71 bits per heavy atom. The number of esters is 2. The Kier molecular flexibility index (Phi) is 21.5. The normalized spacial score (nSPS) is 9.51. The van der Waals surface area contributed by atoms with E-state index in [-0.39, 0.29) is 11.9 Å². The van der Waals surface area contributed by atoms with Crippen LogP contribution in [0.1, 0.15) is 52.4 Å². The second kappa shape index (κ2) is 23.2. The number of rotatable bonds is 13. The molecule has 0 aliphatic heterocycles. The first-order chi connectivity index (χ1) is 17.0. The summed E-state index contributed by atoms with van der Waals surface area (Å²) < 4.78 is 9.62. The third-order valence-corrected chi connectivity index (χ3v) is 5.32. The van der Waals surface area contributed by atoms with Crippen LogP contribution in [-0.4, -0.2) is 51.1 Å². The number of carbonyl (C=O) groups excluding carboxylic acids is 2. The number of unbranched alkanes of at least 4 members (excludes halogenated alkanes) is 2. The Morgan fingerprint density at radius 2 is 1.29 bits per heavy atom. The number of benzene rings is 2. The van der Waals surface area contributed by atoms with Gasteiger partial charge in [0.25, 0.3) is 0 Å². The van der Waals surface area contributed by atoms with Gasteiger partial charge in [-0.3, -0.25) is 9.59 Å². The lowest BCUT2D eigenvalue weighted by molar-refractivity contribution is -0.144. The predicted octanol–water partition coefficient (Wildman–Crippen LogP) is 6.70. The molecule has 35 heavy (non-hydrogen) atoms. The minimum Gasteiger partial charge on any atom is -0.466 e. The molecule has 0 unspecified atom stereocenters. The Morgan fingerprint density at radius 1 is 0.800 bits per heavy atom. The van der Waals surface area contributed by atoms with Gasteiger partial charge in [-0.25, -0.2) is 0 Å². The summed E-state index contributed by atoms with van der Waals surface area (Å²) in [6.45, 7) is 5.59. The van der Waals surface area contributed by atoms with Crippen molar-refractivity contribution in [2.75, 3.05) is 49.4 Å². The van der Waals surface area contributed by atoms with Crippen molar-refractivity contribution >= 4 is 39.2 Å². The van der Waals surface area contributed by atoms with E-state index in [2.05, 4.69) is 45.3 Å². The number of para-hydroxylation sites is 2. The van der Waals surface area contributed by atoms with Crippen molar-refractivity contribution in [2.24, 2.45) is 0 Å². The van der Waals surface area contributed by atoms with E-state index in [0.29, 0.717) is 26.1 Å². The smallest absolute Gasteiger partial charge is 0.305 e. The molecule has 0 atom stereocenters. The van der Waals surface area contributed by atoms with Crippen LogP contribution in [0.5, 0.6) is 0 Å². The summed E-state index contributed by atoms with van der Waals surface area (Å²) >= 11 is 3.29. The number of nitrogens with one attached hydrogen (secondary N) is 1. The highest BCUT2D eigenvalue weighted by molar-refractivity contribution is 9.09. The van der Waals surface area contributed by atoms with E-state index in [4.69, 9.17) is 9.47 Å². The molecule has 0 spiro atoms. The molecule has 1 N–H and O–H groups in total. The first-order valence-corrected chi connectivity index (χ1v) is 13.5. The summed E-state index contributed by atoms with van der Waals surface area (Å²) in [7, 11) is 3.98. The van der Waals surface area contributed by atoms with Crippen molar-refractivity contribution in [2.45, 2.75) is 52.4 Å². The van der Waals surface area contributed by atoms with E-state index in [9.17, 15) is 9.59 Å². The molecule has 0 bridgehead atoms. The summed E-state index contributed by atoms with van der Waals surface area (Å²) in [5.41, 5.74) is 2.37. The second-order valence-electron chi connectivity index (χ2n) is 7.59. The summed E-state index contributed by atoms with van der Waals surface area (Å²) in [4.78, 5) is 24.0. The Balaban J connectivity index is 0.000000544. The quantitative estimate of drug-likeness (QED) is 0.170. The fourth-order valence-corrected chi connectivity index (χ4v) is 3.26. The van der Waals surface area contributed by atoms with Gasteiger partial charge >= 0.3 is 11.9 Å². The molecule has 0 saturated carbocycles. The van der Waals surface area contributed by atoms with Gasteiger partial charge < -0.3 is 19.7 Å². The summed E-state index contributed by atoms with van der Waals surface area (Å²) in [5, 5.41) is 3.99. The maximum atomic E-state index is 11.1. The van der Waals surface area contributed by atoms with Crippen LogP contribution in [0.15, 0.2) is 60.7 Å². The van der Waals surface area contributed by atoms with Crippen LogP contribution in [-0.2, 0) is 19.1 Å². The molecule has 2 aromatic rings. The number of ether oxygens (including phenoxy) is 2. The number of nitrogens with zero attached hydrogens (tertiary/aromatic N) is 1. The van der Waals surface area contributed by atoms with Gasteiger partial charge in [0.15, 0.2) is 0 Å². The van der Waals surface area contributed by atoms with Crippen LogP contribution in [0, 0.1) is 0 Å². The zero-order chi connectivity index (χ0) is 26.2. The third kappa shape index (κ3) is 19.5. The van der Waals surface area contributed by atoms with Gasteiger partial charge in [0.1, 0.15) is 0 Å². The van der Waals surface area contributed by atoms with E-state index in [0.717, 1.165) is 43.2 Å². The van der Waals surface area contributed by atoms with Gasteiger partial charge in [-0.15, -0.1) is 0 Å². The molecule has 0 fully saturated rings. The molecule has 0 aliphatic rings. The molecule has 7 heteroatoms. The van der Waals surface area contributed by atoms with Gasteiger partial charge in [0.05, 0.1) is 13.2 Å². The van der Waals surface area contributed by atoms with E-state index in [1.165, 1.54) is 5.69 Å². The van der Waals surface area contributed by atoms with Crippen molar-refractivity contribution in [1.29, 1.82) is 0 Å². The van der Waals surface area contributed by atoms with Crippen molar-refractivity contribution in [1.82, 2.24) is 0 Å². The number of carbonyl (C=O) groups is 2. The lowest BCUT2D eigenvalue weighted by Gasteiger charge is -2.18. The topological polar surface area (TPSA) is 67.9 Å². The van der Waals surface area contributed by atoms with Crippen LogP contribution in [0.25, 0.3) is 0 Å². The lowest BCUT2D eigenvalue weighted by atomic mass is 10.2. The minimum absolute atomic E-state index is 0.0801. The minimum atomic E-state index is -0.0881. The Hall–Kier alpha value is -2.54. The first kappa shape index (κ1) is 32.5. The molecule has 2 aromatic carbocycles. The average Bonchev–Trinajstić information content (AvgIpc) is 2.89. The molecule has 196 valence electrons. The van der Waals surface area contributed by atoms with Crippen molar-refractivity contribution in [3.05, 3.63) is 60.7 Å². The second-order valence-corrected chi connectivity index (χ2v) is 8.38. The SMILES string of the molecule is CCOC(=O)CCCCBr.CCOC(=O)CCCCN(C)c1ccccc1.CNc1ccccc1. The first-order valence-electron chi connectivity index (χ1n) is 12.3. The number of anilines is 2. The molecule has 6 nitrogen and oxygen atoms in total. The molecule has 0 aromatic heterocycles. The summed E-state index contributed by atoms with van der Waals surface area (Å²) in [5.74, 6) is -0.168. The molecule has 0 heterocycles. The zero-order valence-corrected chi connectivity index (χ0v) is 23.4. The predicted molar refractivity (Wildman–Crippen MR) is 150 cm³/mol. The summed E-state index contributed by atoms with van der Waals surface area (Å²) in [6.07, 6.45) is 4.93. The van der Waals surface area contributed by atoms with Gasteiger partial charge in [-0.1, -0.05) is 52.3 Å². The number of alkyl halides is 1. The maximum Gasteiger partial charge on any atom is 0.305 e. The van der Waals surface area contributed by atoms with Crippen LogP contribution < -0.4 is 10.2 Å². The lowest BCUT2D eigenvalue weighted by Crippen LogP contribution is -2.18. The van der Waals surface area contributed by atoms with E-state index < -0.39 is 0 Å². The van der Waals surface area contributed by atoms with Gasteiger partial charge in [-0.2, -0.15) is 0 Å². The molecule has 2 rings (SSSR count). The third-order valence-electron chi connectivity index (χ3n) is 4.76. The largest absolute Gasteiger partial charge is 0.466 e. The Labute approximate surface area is 220 Å². The number of hydrogen-bond donors (Lipinski definition) is 1. The van der Waals surface area contributed by atoms with Crippen molar-refractivity contribution < 1.29 is 19.1 Å². The fraction of sp³-hybridized carbons (Fsp3) is 0.500. The monoisotopic (exact) mass is 550 g/mol. The fourth-order valence-electron chi connectivity index (χ4n) is 2.86. The van der Waals surface area contributed by atoms with Gasteiger partial charge in [-0.05, 0) is 63.8 Å². The van der Waals surface area contributed by atoms with E-state index in [1.54, 1.807) is 0 Å². The van der Waals surface area contributed by atoms with Crippen molar-refractivity contribution in [3.8, 4) is 0 Å². The van der Waals surface area contributed by atoms with Gasteiger partial charge in [0.2, 0.25) is 0 Å². The number of hydrogen-bond acceptors (Lipinski definition) is 6. The van der Waals surface area contributed by atoms with Crippen LogP contribution in [0.4, 0.5) is 11.4 Å². The van der Waals surface area contributed by atoms with Crippen LogP contribution in [0.2, 0.25) is 0 Å². The van der Waals surface area contributed by atoms with E-state index >= 15 is 0 Å². The van der Waals surface area contributed by atoms with Gasteiger partial charge in [0, 0.05) is 50.2 Å². The van der Waals surface area contributed by atoms with Crippen LogP contribution in [0.3, 0.4) is 0 Å². The molecular formula is C28H43BrN2O4. The molecule has 0 radical (unpaired) electrons. The average molecular weight is 552 g/mol. The molecule has 0 aliphatic carbocycles. The number of halogens is 1. The maximum absolute atomic E-state index is 11.1. The zero-order valence-electron chi connectivity index (χ0n) is 21.8. The highest BCUT2D eigenvalue weighted by Crippen LogP contribution is 2.12. The molecule has 0 saturated heterocycles. The molecule has 0 amide bonds. The highest BCUT2D eigenvalue weighted by atomic mass is 79.9. The molecular weight excluding hydrogens is 508 g/mol. The Bertz CT molecular complexity index is 760. The van der Waals surface area contributed by atoms with E-state index in [1.807, 2.05) is 69.4 Å². The highest BCUT2D eigenvalue weighted by Gasteiger charge is 2.03. The standard InChI is InChI=1S/C14H21NO2.C7H13BrO2.C7H9N/c1-3-17-14(16)11-7-8-12-15(2)13-9-5-4-6-10-13;1-2-10-7(9)5-3-4-6-8;1-8-7-5-3-2-4-6-7/h4-6,9-10H,3,7-8,11-12H2,1-2H3;2-6H2,1H3;2-6,8H,1H3. The summed E-state index contributed by atoms with van der Waals surface area (Å²) in [6, 6.07) is 20.3. The van der Waals surface area contributed by atoms with Crippen molar-refractivity contribution in [3.63, 3.8) is 0 Å². The van der Waals surface area contributed by atoms with Crippen LogP contribution >= 0.6 is 15.9 Å².